The molecule has 1 aliphatic rings. The number of carbonyl (C=O) groups excluding carboxylic acids is 2. The molecule has 1 heterocycles. The van der Waals surface area contributed by atoms with Crippen LogP contribution in [0.2, 0.25) is 0 Å². The van der Waals surface area contributed by atoms with Gasteiger partial charge in [0.15, 0.2) is 0 Å². The van der Waals surface area contributed by atoms with E-state index >= 15 is 0 Å². The Kier molecular flexibility index (Phi) is 8.17. The fourth-order valence-electron chi connectivity index (χ4n) is 3.97. The maximum absolute atomic E-state index is 12.4. The predicted octanol–water partition coefficient (Wildman–Crippen LogP) is 4.98. The van der Waals surface area contributed by atoms with E-state index in [1.807, 2.05) is 35.2 Å². The van der Waals surface area contributed by atoms with Gasteiger partial charge in [0.25, 0.3) is 5.91 Å². The molecule has 1 saturated heterocycles. The number of ether oxygens (including phenoxy) is 1. The summed E-state index contributed by atoms with van der Waals surface area (Å²) in [6, 6.07) is 25.1. The second-order valence-corrected chi connectivity index (χ2v) is 8.44. The van der Waals surface area contributed by atoms with Crippen LogP contribution in [0, 0.1) is 0 Å². The lowest BCUT2D eigenvalue weighted by atomic mass is 10.1. The van der Waals surface area contributed by atoms with Gasteiger partial charge >= 0.3 is 0 Å². The quantitative estimate of drug-likeness (QED) is 0.421. The number of hydrogen-bond donors (Lipinski definition) is 2. The minimum absolute atomic E-state index is 0.0562. The van der Waals surface area contributed by atoms with E-state index in [1.165, 1.54) is 5.56 Å². The van der Waals surface area contributed by atoms with Gasteiger partial charge < -0.3 is 20.3 Å². The van der Waals surface area contributed by atoms with Crippen LogP contribution in [-0.2, 0) is 11.2 Å². The number of carbonyl (C=O) groups is 2. The number of benzene rings is 3. The average molecular weight is 458 g/mol. The van der Waals surface area contributed by atoms with E-state index in [0.717, 1.165) is 50.2 Å². The first kappa shape index (κ1) is 23.4. The van der Waals surface area contributed by atoms with Gasteiger partial charge in [-0.15, -0.1) is 0 Å². The molecule has 1 aliphatic heterocycles. The SMILES string of the molecule is O=C(CNc1ccc(OCCCc2ccccc2)cc1)Nc1ccc(C(=O)N2CCCC2)cc1. The zero-order chi connectivity index (χ0) is 23.6. The summed E-state index contributed by atoms with van der Waals surface area (Å²) in [4.78, 5) is 26.6. The number of nitrogens with one attached hydrogen (secondary N) is 2. The predicted molar refractivity (Wildman–Crippen MR) is 135 cm³/mol. The molecule has 2 N–H and O–H groups in total. The summed E-state index contributed by atoms with van der Waals surface area (Å²) >= 11 is 0. The monoisotopic (exact) mass is 457 g/mol. The summed E-state index contributed by atoms with van der Waals surface area (Å²) in [5, 5.41) is 5.97. The molecule has 6 nitrogen and oxygen atoms in total. The van der Waals surface area contributed by atoms with Crippen molar-refractivity contribution in [1.29, 1.82) is 0 Å². The second kappa shape index (κ2) is 11.9. The molecular formula is C28H31N3O3. The summed E-state index contributed by atoms with van der Waals surface area (Å²) in [6.07, 6.45) is 4.08. The van der Waals surface area contributed by atoms with Crippen molar-refractivity contribution < 1.29 is 14.3 Å². The van der Waals surface area contributed by atoms with Gasteiger partial charge in [0.05, 0.1) is 13.2 Å². The van der Waals surface area contributed by atoms with Crippen molar-refractivity contribution in [3.8, 4) is 5.75 Å². The molecule has 1 fully saturated rings. The lowest BCUT2D eigenvalue weighted by molar-refractivity contribution is -0.114. The van der Waals surface area contributed by atoms with Gasteiger partial charge in [-0.1, -0.05) is 30.3 Å². The van der Waals surface area contributed by atoms with Crippen molar-refractivity contribution >= 4 is 23.2 Å². The number of anilines is 2. The molecule has 0 atom stereocenters. The van der Waals surface area contributed by atoms with Crippen LogP contribution in [0.15, 0.2) is 78.9 Å². The van der Waals surface area contributed by atoms with E-state index in [9.17, 15) is 9.59 Å². The Balaban J connectivity index is 1.16. The molecule has 0 aromatic heterocycles. The highest BCUT2D eigenvalue weighted by molar-refractivity contribution is 5.96. The summed E-state index contributed by atoms with van der Waals surface area (Å²) in [6.45, 7) is 2.45. The molecular weight excluding hydrogens is 426 g/mol. The van der Waals surface area contributed by atoms with Gasteiger partial charge in [-0.25, -0.2) is 0 Å². The van der Waals surface area contributed by atoms with Gasteiger partial charge in [-0.2, -0.15) is 0 Å². The highest BCUT2D eigenvalue weighted by Crippen LogP contribution is 2.17. The van der Waals surface area contributed by atoms with E-state index in [2.05, 4.69) is 34.9 Å². The summed E-state index contributed by atoms with van der Waals surface area (Å²) in [5.41, 5.74) is 3.48. The number of rotatable bonds is 10. The van der Waals surface area contributed by atoms with Crippen LogP contribution in [0.4, 0.5) is 11.4 Å². The Morgan fingerprint density at radius 2 is 1.50 bits per heavy atom. The van der Waals surface area contributed by atoms with Crippen molar-refractivity contribution in [3.05, 3.63) is 90.0 Å². The van der Waals surface area contributed by atoms with Crippen LogP contribution in [0.1, 0.15) is 35.2 Å². The minimum Gasteiger partial charge on any atom is -0.494 e. The average Bonchev–Trinajstić information content (AvgIpc) is 3.42. The molecule has 0 unspecified atom stereocenters. The fourth-order valence-corrected chi connectivity index (χ4v) is 3.97. The maximum Gasteiger partial charge on any atom is 0.253 e. The number of nitrogens with zero attached hydrogens (tertiary/aromatic N) is 1. The van der Waals surface area contributed by atoms with E-state index in [1.54, 1.807) is 24.3 Å². The topological polar surface area (TPSA) is 70.7 Å². The molecule has 3 aromatic rings. The van der Waals surface area contributed by atoms with Crippen molar-refractivity contribution in [2.45, 2.75) is 25.7 Å². The zero-order valence-electron chi connectivity index (χ0n) is 19.3. The standard InChI is InChI=1S/C28H31N3O3/c32-27(30-25-12-10-23(11-13-25)28(33)31-18-4-5-19-31)21-29-24-14-16-26(17-15-24)34-20-6-9-22-7-2-1-3-8-22/h1-3,7-8,10-17,29H,4-6,9,18-21H2,(H,30,32). The van der Waals surface area contributed by atoms with Crippen molar-refractivity contribution in [1.82, 2.24) is 4.90 Å². The van der Waals surface area contributed by atoms with E-state index in [-0.39, 0.29) is 18.4 Å². The highest BCUT2D eigenvalue weighted by atomic mass is 16.5. The Morgan fingerprint density at radius 1 is 0.824 bits per heavy atom. The molecule has 4 rings (SSSR count). The Labute approximate surface area is 200 Å². The first-order valence-electron chi connectivity index (χ1n) is 11.9. The summed E-state index contributed by atoms with van der Waals surface area (Å²) in [5.74, 6) is 0.715. The third kappa shape index (κ3) is 6.85. The number of amides is 2. The Hall–Kier alpha value is -3.80. The van der Waals surface area contributed by atoms with Crippen molar-refractivity contribution in [2.75, 3.05) is 36.9 Å². The van der Waals surface area contributed by atoms with Crippen LogP contribution in [0.5, 0.6) is 5.75 Å². The van der Waals surface area contributed by atoms with Crippen molar-refractivity contribution in [3.63, 3.8) is 0 Å². The summed E-state index contributed by atoms with van der Waals surface area (Å²) < 4.78 is 5.81. The minimum atomic E-state index is -0.153. The lowest BCUT2D eigenvalue weighted by Crippen LogP contribution is -2.27. The summed E-state index contributed by atoms with van der Waals surface area (Å²) in [7, 11) is 0. The molecule has 0 saturated carbocycles. The first-order valence-corrected chi connectivity index (χ1v) is 11.9. The third-order valence-corrected chi connectivity index (χ3v) is 5.84. The molecule has 0 aliphatic carbocycles. The van der Waals surface area contributed by atoms with E-state index < -0.39 is 0 Å². The smallest absolute Gasteiger partial charge is 0.253 e. The largest absolute Gasteiger partial charge is 0.494 e. The lowest BCUT2D eigenvalue weighted by Gasteiger charge is -2.15. The van der Waals surface area contributed by atoms with Crippen LogP contribution in [0.25, 0.3) is 0 Å². The molecule has 0 radical (unpaired) electrons. The fraction of sp³-hybridized carbons (Fsp3) is 0.286. The van der Waals surface area contributed by atoms with Gasteiger partial charge in [0.1, 0.15) is 5.75 Å². The normalized spacial score (nSPS) is 12.9. The zero-order valence-corrected chi connectivity index (χ0v) is 19.3. The van der Waals surface area contributed by atoms with Gasteiger partial charge in [-0.05, 0) is 79.8 Å². The second-order valence-electron chi connectivity index (χ2n) is 8.44. The highest BCUT2D eigenvalue weighted by Gasteiger charge is 2.19. The maximum atomic E-state index is 12.4. The molecule has 6 heteroatoms. The van der Waals surface area contributed by atoms with Gasteiger partial charge in [0, 0.05) is 30.0 Å². The molecule has 34 heavy (non-hydrogen) atoms. The van der Waals surface area contributed by atoms with Crippen LogP contribution >= 0.6 is 0 Å². The number of likely N-dealkylation sites (tertiary alicyclic amines) is 1. The van der Waals surface area contributed by atoms with Gasteiger partial charge in [-0.3, -0.25) is 9.59 Å². The van der Waals surface area contributed by atoms with E-state index in [4.69, 9.17) is 4.74 Å². The Morgan fingerprint density at radius 3 is 2.21 bits per heavy atom. The first-order chi connectivity index (χ1) is 16.7. The number of aryl methyl sites for hydroxylation is 1. The van der Waals surface area contributed by atoms with Crippen LogP contribution in [-0.4, -0.2) is 43.0 Å². The molecule has 2 amide bonds. The third-order valence-electron chi connectivity index (χ3n) is 5.84. The number of hydrogen-bond acceptors (Lipinski definition) is 4. The molecule has 3 aromatic carbocycles. The van der Waals surface area contributed by atoms with Crippen molar-refractivity contribution in [2.24, 2.45) is 0 Å². The van der Waals surface area contributed by atoms with Gasteiger partial charge in [0.2, 0.25) is 5.91 Å². The molecule has 176 valence electrons. The molecule has 0 bridgehead atoms. The van der Waals surface area contributed by atoms with Crippen LogP contribution < -0.4 is 15.4 Å². The Bertz CT molecular complexity index is 1060. The van der Waals surface area contributed by atoms with Crippen LogP contribution in [0.3, 0.4) is 0 Å². The van der Waals surface area contributed by atoms with E-state index in [0.29, 0.717) is 17.9 Å². The molecule has 0 spiro atoms.